The number of carbonyl (C=O) groups excluding carboxylic acids is 1. The average Bonchev–Trinajstić information content (AvgIpc) is 2.77. The summed E-state index contributed by atoms with van der Waals surface area (Å²) in [5.41, 5.74) is 1.21. The molecular formula is C23H32ClN3O4. The van der Waals surface area contributed by atoms with Gasteiger partial charge in [-0.05, 0) is 32.3 Å². The van der Waals surface area contributed by atoms with Crippen LogP contribution in [-0.2, 0) is 14.3 Å². The van der Waals surface area contributed by atoms with Crippen molar-refractivity contribution in [2.24, 2.45) is 5.41 Å². The summed E-state index contributed by atoms with van der Waals surface area (Å²) >= 11 is 0. The number of amides is 1. The number of hydrogen-bond acceptors (Lipinski definition) is 5. The molecule has 7 nitrogen and oxygen atoms in total. The first kappa shape index (κ1) is 24.9. The maximum Gasteiger partial charge on any atom is 0.311 e. The second-order valence-electron chi connectivity index (χ2n) is 7.88. The lowest BCUT2D eigenvalue weighted by Crippen LogP contribution is -2.47. The molecule has 1 aliphatic rings. The van der Waals surface area contributed by atoms with Crippen LogP contribution in [0.1, 0.15) is 52.4 Å². The van der Waals surface area contributed by atoms with Crippen LogP contribution in [-0.4, -0.2) is 41.2 Å². The zero-order valence-corrected chi connectivity index (χ0v) is 19.0. The van der Waals surface area contributed by atoms with Gasteiger partial charge in [0.05, 0.1) is 28.5 Å². The quantitative estimate of drug-likeness (QED) is 0.505. The topological polar surface area (TPSA) is 101 Å². The Morgan fingerprint density at radius 3 is 2.55 bits per heavy atom. The van der Waals surface area contributed by atoms with Crippen molar-refractivity contribution in [2.45, 2.75) is 58.4 Å². The van der Waals surface area contributed by atoms with E-state index in [9.17, 15) is 14.7 Å². The zero-order valence-electron chi connectivity index (χ0n) is 18.1. The SMILES string of the molecule is CCOCC(=O)Nc1cnc2ccccc2c1NC(CC)C1(C(=O)O)CCCCC1.Cl. The fraction of sp³-hybridized carbons (Fsp3) is 0.522. The van der Waals surface area contributed by atoms with Crippen LogP contribution in [0.3, 0.4) is 0 Å². The Morgan fingerprint density at radius 2 is 1.90 bits per heavy atom. The summed E-state index contributed by atoms with van der Waals surface area (Å²) in [6.45, 7) is 4.25. The van der Waals surface area contributed by atoms with Gasteiger partial charge in [0.15, 0.2) is 0 Å². The van der Waals surface area contributed by atoms with E-state index >= 15 is 0 Å². The maximum atomic E-state index is 12.4. The minimum atomic E-state index is -0.816. The first-order valence-corrected chi connectivity index (χ1v) is 10.8. The van der Waals surface area contributed by atoms with E-state index in [1.54, 1.807) is 6.20 Å². The Balaban J connectivity index is 0.00000341. The summed E-state index contributed by atoms with van der Waals surface area (Å²) in [6.07, 6.45) is 6.50. The summed E-state index contributed by atoms with van der Waals surface area (Å²) < 4.78 is 5.21. The minimum Gasteiger partial charge on any atom is -0.481 e. The van der Waals surface area contributed by atoms with Gasteiger partial charge in [-0.1, -0.05) is 44.4 Å². The van der Waals surface area contributed by atoms with Crippen LogP contribution in [0.2, 0.25) is 0 Å². The summed E-state index contributed by atoms with van der Waals surface area (Å²) in [6, 6.07) is 7.40. The molecule has 8 heteroatoms. The third-order valence-corrected chi connectivity index (χ3v) is 6.05. The Bertz CT molecular complexity index is 900. The van der Waals surface area contributed by atoms with Crippen LogP contribution in [0.15, 0.2) is 30.5 Å². The van der Waals surface area contributed by atoms with Gasteiger partial charge < -0.3 is 20.5 Å². The number of carbonyl (C=O) groups is 2. The van der Waals surface area contributed by atoms with E-state index in [0.717, 1.165) is 30.2 Å². The van der Waals surface area contributed by atoms with Gasteiger partial charge in [0.25, 0.3) is 0 Å². The molecule has 1 unspecified atom stereocenters. The summed E-state index contributed by atoms with van der Waals surface area (Å²) in [7, 11) is 0. The molecular weight excluding hydrogens is 418 g/mol. The number of benzene rings is 1. The van der Waals surface area contributed by atoms with Gasteiger partial charge in [0, 0.05) is 18.0 Å². The first-order valence-electron chi connectivity index (χ1n) is 10.8. The fourth-order valence-corrected chi connectivity index (χ4v) is 4.47. The normalized spacial score (nSPS) is 16.2. The maximum absolute atomic E-state index is 12.4. The number of pyridine rings is 1. The highest BCUT2D eigenvalue weighted by Crippen LogP contribution is 2.43. The molecule has 1 aromatic heterocycles. The van der Waals surface area contributed by atoms with Crippen molar-refractivity contribution in [1.29, 1.82) is 0 Å². The Morgan fingerprint density at radius 1 is 1.19 bits per heavy atom. The molecule has 2 aromatic rings. The standard InChI is InChI=1S/C23H31N3O4.ClH/c1-3-19(23(22(28)29)12-8-5-9-13-23)26-21-16-10-6-7-11-17(16)24-14-18(21)25-20(27)15-30-4-2;/h6-7,10-11,14,19H,3-5,8-9,12-13,15H2,1-2H3,(H,24,26)(H,25,27)(H,28,29);1H. The van der Waals surface area contributed by atoms with Crippen LogP contribution in [0.25, 0.3) is 10.9 Å². The van der Waals surface area contributed by atoms with Crippen LogP contribution in [0.5, 0.6) is 0 Å². The van der Waals surface area contributed by atoms with Crippen molar-refractivity contribution in [3.8, 4) is 0 Å². The molecule has 31 heavy (non-hydrogen) atoms. The van der Waals surface area contributed by atoms with Crippen LogP contribution < -0.4 is 10.6 Å². The number of fused-ring (bicyclic) bond motifs is 1. The lowest BCUT2D eigenvalue weighted by molar-refractivity contribution is -0.152. The van der Waals surface area contributed by atoms with E-state index in [2.05, 4.69) is 15.6 Å². The number of aliphatic carboxylic acids is 1. The second-order valence-corrected chi connectivity index (χ2v) is 7.88. The van der Waals surface area contributed by atoms with Crippen molar-refractivity contribution in [1.82, 2.24) is 4.98 Å². The van der Waals surface area contributed by atoms with Gasteiger partial charge in [0.2, 0.25) is 5.91 Å². The number of rotatable bonds is 9. The lowest BCUT2D eigenvalue weighted by atomic mass is 9.68. The van der Waals surface area contributed by atoms with Crippen molar-refractivity contribution < 1.29 is 19.4 Å². The summed E-state index contributed by atoms with van der Waals surface area (Å²) in [5.74, 6) is -1.02. The second kappa shape index (κ2) is 11.3. The number of halogens is 1. The lowest BCUT2D eigenvalue weighted by Gasteiger charge is -2.41. The number of para-hydroxylation sites is 1. The van der Waals surface area contributed by atoms with Gasteiger partial charge >= 0.3 is 5.97 Å². The molecule has 1 heterocycles. The number of nitrogens with zero attached hydrogens (tertiary/aromatic N) is 1. The monoisotopic (exact) mass is 449 g/mol. The Labute approximate surface area is 189 Å². The average molecular weight is 450 g/mol. The van der Waals surface area contributed by atoms with Crippen LogP contribution in [0.4, 0.5) is 11.4 Å². The van der Waals surface area contributed by atoms with Gasteiger partial charge in [-0.3, -0.25) is 14.6 Å². The number of hydrogen-bond donors (Lipinski definition) is 3. The summed E-state index contributed by atoms with van der Waals surface area (Å²) in [4.78, 5) is 29.1. The number of anilines is 2. The molecule has 3 rings (SSSR count). The molecule has 0 saturated heterocycles. The van der Waals surface area contributed by atoms with Crippen LogP contribution >= 0.6 is 12.4 Å². The number of carboxylic acid groups (broad SMARTS) is 1. The van der Waals surface area contributed by atoms with E-state index in [-0.39, 0.29) is 31.0 Å². The van der Waals surface area contributed by atoms with Gasteiger partial charge in [-0.25, -0.2) is 0 Å². The van der Waals surface area contributed by atoms with Crippen LogP contribution in [0, 0.1) is 5.41 Å². The zero-order chi connectivity index (χ0) is 21.6. The molecule has 1 fully saturated rings. The van der Waals surface area contributed by atoms with Gasteiger partial charge in [-0.15, -0.1) is 12.4 Å². The number of nitrogens with one attached hydrogen (secondary N) is 2. The van der Waals surface area contributed by atoms with E-state index in [1.165, 1.54) is 0 Å². The van der Waals surface area contributed by atoms with E-state index in [0.29, 0.717) is 37.2 Å². The van der Waals surface area contributed by atoms with Crippen molar-refractivity contribution in [2.75, 3.05) is 23.8 Å². The first-order chi connectivity index (χ1) is 14.5. The van der Waals surface area contributed by atoms with E-state index in [1.807, 2.05) is 38.1 Å². The predicted octanol–water partition coefficient (Wildman–Crippen LogP) is 4.86. The number of ether oxygens (including phenoxy) is 1. The highest BCUT2D eigenvalue weighted by atomic mass is 35.5. The smallest absolute Gasteiger partial charge is 0.311 e. The van der Waals surface area contributed by atoms with Gasteiger partial charge in [0.1, 0.15) is 6.61 Å². The molecule has 1 aromatic carbocycles. The molecule has 0 radical (unpaired) electrons. The highest BCUT2D eigenvalue weighted by molar-refractivity contribution is 6.03. The minimum absolute atomic E-state index is 0. The molecule has 0 bridgehead atoms. The molecule has 1 amide bonds. The third-order valence-electron chi connectivity index (χ3n) is 6.05. The molecule has 0 aliphatic heterocycles. The predicted molar refractivity (Wildman–Crippen MR) is 125 cm³/mol. The van der Waals surface area contributed by atoms with Crippen molar-refractivity contribution in [3.05, 3.63) is 30.5 Å². The number of aromatic nitrogens is 1. The molecule has 1 aliphatic carbocycles. The molecule has 0 spiro atoms. The molecule has 3 N–H and O–H groups in total. The molecule has 170 valence electrons. The molecule has 1 saturated carbocycles. The largest absolute Gasteiger partial charge is 0.481 e. The summed E-state index contributed by atoms with van der Waals surface area (Å²) in [5, 5.41) is 17.4. The van der Waals surface area contributed by atoms with E-state index in [4.69, 9.17) is 4.74 Å². The highest BCUT2D eigenvalue weighted by Gasteiger charge is 2.46. The number of carboxylic acids is 1. The van der Waals surface area contributed by atoms with Crippen molar-refractivity contribution in [3.63, 3.8) is 0 Å². The van der Waals surface area contributed by atoms with E-state index < -0.39 is 11.4 Å². The third kappa shape index (κ3) is 5.46. The Hall–Kier alpha value is -2.38. The van der Waals surface area contributed by atoms with Crippen molar-refractivity contribution >= 4 is 46.6 Å². The molecule has 1 atom stereocenters. The van der Waals surface area contributed by atoms with Gasteiger partial charge in [-0.2, -0.15) is 0 Å². The Kier molecular flexibility index (Phi) is 9.07. The fourth-order valence-electron chi connectivity index (χ4n) is 4.47.